The highest BCUT2D eigenvalue weighted by atomic mass is 19.2. The number of para-hydroxylation sites is 1. The third kappa shape index (κ3) is 6.28. The zero-order valence-electron chi connectivity index (χ0n) is 27.1. The van der Waals surface area contributed by atoms with Gasteiger partial charge in [-0.05, 0) is 12.1 Å². The molecule has 0 aliphatic heterocycles. The SMILES string of the molecule is FCO[n+]1cccc2ccccc21.Fc1c(F)c(F)c([B-](c2c(F)c(F)c(F)c(F)c2F)(c2c(F)c(F)c(F)c(F)c2F)c2c(F)c(F)c(F)c(F)c2F)c(F)c1F. The fourth-order valence-electron chi connectivity index (χ4n) is 6.17. The predicted molar refractivity (Wildman–Crippen MR) is 156 cm³/mol. The summed E-state index contributed by atoms with van der Waals surface area (Å²) in [7, 11) is 0. The van der Waals surface area contributed by atoms with Gasteiger partial charge >= 0.3 is 0 Å². The summed E-state index contributed by atoms with van der Waals surface area (Å²) >= 11 is 0. The number of rotatable bonds is 6. The highest BCUT2D eigenvalue weighted by Crippen LogP contribution is 2.30. The lowest BCUT2D eigenvalue weighted by Crippen LogP contribution is -2.81. The molecule has 0 amide bonds. The predicted octanol–water partition coefficient (Wildman–Crippen LogP) is 7.33. The van der Waals surface area contributed by atoms with Crippen molar-refractivity contribution in [2.75, 3.05) is 6.86 Å². The Morgan fingerprint density at radius 1 is 0.345 bits per heavy atom. The number of hydrogen-bond acceptors (Lipinski definition) is 1. The van der Waals surface area contributed by atoms with E-state index in [1.807, 2.05) is 36.4 Å². The van der Waals surface area contributed by atoms with Crippen molar-refractivity contribution in [2.24, 2.45) is 0 Å². The van der Waals surface area contributed by atoms with E-state index in [1.54, 1.807) is 6.20 Å². The summed E-state index contributed by atoms with van der Waals surface area (Å²) in [5, 5.41) is 1.03. The molecule has 1 heterocycles. The van der Waals surface area contributed by atoms with Crippen molar-refractivity contribution in [1.29, 1.82) is 0 Å². The van der Waals surface area contributed by atoms with Gasteiger partial charge in [-0.25, -0.2) is 92.6 Å². The molecule has 0 atom stereocenters. The van der Waals surface area contributed by atoms with Crippen molar-refractivity contribution in [3.05, 3.63) is 159 Å². The molecular weight excluding hydrogens is 848 g/mol. The number of benzene rings is 5. The van der Waals surface area contributed by atoms with E-state index in [0.29, 0.717) is 0 Å². The Balaban J connectivity index is 0.000000414. The first-order chi connectivity index (χ1) is 27.1. The second-order valence-electron chi connectivity index (χ2n) is 11.4. The molecule has 0 aliphatic rings. The quantitative estimate of drug-likeness (QED) is 0.0563. The normalized spacial score (nSPS) is 11.6. The number of alkyl halides is 1. The minimum atomic E-state index is -7.22. The second kappa shape index (κ2) is 15.7. The van der Waals surface area contributed by atoms with Gasteiger partial charge < -0.3 is 0 Å². The largest absolute Gasteiger partial charge is 0.297 e. The molecule has 24 heteroatoms. The van der Waals surface area contributed by atoms with Gasteiger partial charge in [-0.2, -0.15) is 4.39 Å². The Morgan fingerprint density at radius 3 is 0.862 bits per heavy atom. The van der Waals surface area contributed by atoms with Crippen molar-refractivity contribution < 1.29 is 102 Å². The monoisotopic (exact) mass is 857 g/mol. The summed E-state index contributed by atoms with van der Waals surface area (Å²) in [6.45, 7) is -0.821. The number of nitrogens with zero attached hydrogens (tertiary/aromatic N) is 1. The fraction of sp³-hybridized carbons (Fsp3) is 0.0294. The zero-order chi connectivity index (χ0) is 43.5. The summed E-state index contributed by atoms with van der Waals surface area (Å²) in [5.41, 5.74) is -13.5. The Bertz CT molecular complexity index is 2270. The van der Waals surface area contributed by atoms with Crippen LogP contribution >= 0.6 is 0 Å². The molecule has 0 bridgehead atoms. The number of hydrogen-bond donors (Lipinski definition) is 0. The van der Waals surface area contributed by atoms with Gasteiger partial charge in [0.05, 0.1) is 5.39 Å². The lowest BCUT2D eigenvalue weighted by atomic mass is 9.12. The molecule has 58 heavy (non-hydrogen) atoms. The van der Waals surface area contributed by atoms with Crippen LogP contribution in [-0.4, -0.2) is 13.0 Å². The van der Waals surface area contributed by atoms with E-state index in [0.717, 1.165) is 10.9 Å². The molecule has 0 radical (unpaired) electrons. The van der Waals surface area contributed by atoms with Crippen LogP contribution in [0, 0.1) is 116 Å². The van der Waals surface area contributed by atoms with Gasteiger partial charge in [0.1, 0.15) is 52.7 Å². The van der Waals surface area contributed by atoms with Crippen molar-refractivity contribution in [1.82, 2.24) is 0 Å². The molecule has 0 unspecified atom stereocenters. The van der Waals surface area contributed by atoms with E-state index < -0.39 is 151 Å². The second-order valence-corrected chi connectivity index (χ2v) is 11.4. The van der Waals surface area contributed by atoms with Gasteiger partial charge in [-0.3, -0.25) is 0 Å². The van der Waals surface area contributed by atoms with Crippen molar-refractivity contribution in [3.8, 4) is 0 Å². The summed E-state index contributed by atoms with van der Waals surface area (Å²) in [6.07, 6.45) is -5.53. The van der Waals surface area contributed by atoms with Gasteiger partial charge in [0.25, 0.3) is 12.4 Å². The van der Waals surface area contributed by atoms with Crippen LogP contribution in [0.5, 0.6) is 0 Å². The number of fused-ring (bicyclic) bond motifs is 1. The molecule has 0 N–H and O–H groups in total. The highest BCUT2D eigenvalue weighted by Gasteiger charge is 2.52. The maximum absolute atomic E-state index is 15.4. The van der Waals surface area contributed by atoms with Crippen LogP contribution < -0.4 is 31.4 Å². The van der Waals surface area contributed by atoms with Crippen LogP contribution in [0.15, 0.2) is 42.6 Å². The smallest absolute Gasteiger partial charge is 0.237 e. The van der Waals surface area contributed by atoms with Crippen LogP contribution in [-0.2, 0) is 0 Å². The molecule has 2 nitrogen and oxygen atoms in total. The molecule has 1 aromatic heterocycles. The summed E-state index contributed by atoms with van der Waals surface area (Å²) in [5.74, 6) is -71.4. The molecule has 0 saturated carbocycles. The van der Waals surface area contributed by atoms with Crippen LogP contribution in [0.1, 0.15) is 0 Å². The van der Waals surface area contributed by atoms with Crippen molar-refractivity contribution in [2.45, 2.75) is 0 Å². The lowest BCUT2D eigenvalue weighted by Gasteiger charge is -2.44. The molecule has 0 saturated heterocycles. The van der Waals surface area contributed by atoms with Gasteiger partial charge in [-0.15, -0.1) is 21.9 Å². The first-order valence-electron chi connectivity index (χ1n) is 14.9. The standard InChI is InChI=1S/C24BF20.C10H9FNO/c26-5-1(6(27)14(35)21(42)13(5)34)25(2-7(28)15(36)22(43)16(37)8(2)29,3-9(30)17(38)23(44)18(39)10(3)31)4-11(32)19(40)24(45)20(41)12(4)33;11-8-13-12-7-3-5-9-4-1-2-6-10(9)12/h;1-7H,8H2/q-1;+1. The lowest BCUT2D eigenvalue weighted by molar-refractivity contribution is -0.875. The van der Waals surface area contributed by atoms with Crippen molar-refractivity contribution >= 4 is 38.9 Å². The molecule has 0 spiro atoms. The molecule has 5 aromatic carbocycles. The van der Waals surface area contributed by atoms with Crippen molar-refractivity contribution in [3.63, 3.8) is 0 Å². The molecule has 0 aliphatic carbocycles. The Labute approximate surface area is 306 Å². The zero-order valence-corrected chi connectivity index (χ0v) is 27.1. The van der Waals surface area contributed by atoms with E-state index >= 15 is 35.1 Å². The summed E-state index contributed by atoms with van der Waals surface area (Å²) in [6, 6.07) is 11.4. The summed E-state index contributed by atoms with van der Waals surface area (Å²) < 4.78 is 307. The maximum atomic E-state index is 15.4. The average Bonchev–Trinajstić information content (AvgIpc) is 3.21. The van der Waals surface area contributed by atoms with Gasteiger partial charge in [0.2, 0.25) is 6.20 Å². The van der Waals surface area contributed by atoms with Crippen LogP contribution in [0.4, 0.5) is 92.2 Å². The molecule has 0 fully saturated rings. The first-order valence-corrected chi connectivity index (χ1v) is 14.9. The van der Waals surface area contributed by atoms with Gasteiger partial charge in [0.15, 0.2) is 69.8 Å². The Morgan fingerprint density at radius 2 is 0.586 bits per heavy atom. The molecular formula is C34H9BF21NO. The van der Waals surface area contributed by atoms with Gasteiger partial charge in [-0.1, -0.05) is 12.1 Å². The Kier molecular flexibility index (Phi) is 11.6. The minimum absolute atomic E-state index is 0.821. The van der Waals surface area contributed by atoms with E-state index in [2.05, 4.69) is 0 Å². The van der Waals surface area contributed by atoms with E-state index in [-0.39, 0.29) is 0 Å². The van der Waals surface area contributed by atoms with Crippen LogP contribution in [0.2, 0.25) is 0 Å². The Hall–Kier alpha value is -6.10. The summed E-state index contributed by atoms with van der Waals surface area (Å²) in [4.78, 5) is 4.77. The number of aromatic nitrogens is 1. The van der Waals surface area contributed by atoms with E-state index in [4.69, 9.17) is 4.84 Å². The van der Waals surface area contributed by atoms with E-state index in [9.17, 15) is 57.1 Å². The first kappa shape index (κ1) is 43.0. The third-order valence-corrected chi connectivity index (χ3v) is 8.57. The molecule has 306 valence electrons. The molecule has 6 rings (SSSR count). The van der Waals surface area contributed by atoms with Crippen LogP contribution in [0.25, 0.3) is 10.9 Å². The van der Waals surface area contributed by atoms with E-state index in [1.165, 1.54) is 4.73 Å². The topological polar surface area (TPSA) is 13.1 Å². The third-order valence-electron chi connectivity index (χ3n) is 8.57. The maximum Gasteiger partial charge on any atom is 0.297 e. The average molecular weight is 857 g/mol. The van der Waals surface area contributed by atoms with Gasteiger partial charge in [0, 0.05) is 16.9 Å². The fourth-order valence-corrected chi connectivity index (χ4v) is 6.17. The highest BCUT2D eigenvalue weighted by molar-refractivity contribution is 7.20. The minimum Gasteiger partial charge on any atom is -0.237 e. The number of halogens is 21. The number of pyridine rings is 1. The molecule has 6 aromatic rings. The van der Waals surface area contributed by atoms with Crippen LogP contribution in [0.3, 0.4) is 0 Å².